The molecule has 0 fully saturated rings. The number of furan rings is 1. The van der Waals surface area contributed by atoms with Crippen molar-refractivity contribution in [3.05, 3.63) is 93.7 Å². The summed E-state index contributed by atoms with van der Waals surface area (Å²) >= 11 is 0. The van der Waals surface area contributed by atoms with Crippen molar-refractivity contribution in [3.63, 3.8) is 0 Å². The average molecular weight is 373 g/mol. The highest BCUT2D eigenvalue weighted by atomic mass is 16.6. The number of amides is 1. The molecular formula is C21H15N3O4. The van der Waals surface area contributed by atoms with E-state index in [2.05, 4.69) is 5.32 Å². The zero-order valence-corrected chi connectivity index (χ0v) is 14.7. The Morgan fingerprint density at radius 1 is 1.11 bits per heavy atom. The van der Waals surface area contributed by atoms with Crippen LogP contribution in [0, 0.1) is 21.4 Å². The Kier molecular flexibility index (Phi) is 5.63. The summed E-state index contributed by atoms with van der Waals surface area (Å²) in [5, 5.41) is 22.7. The predicted molar refractivity (Wildman–Crippen MR) is 103 cm³/mol. The lowest BCUT2D eigenvalue weighted by Gasteiger charge is -2.03. The predicted octanol–water partition coefficient (Wildman–Crippen LogP) is 4.08. The SMILES string of the molecule is N#C/C(=C\c1ccc(-c2ccc([N+](=O)[O-])cc2)o1)C(=O)NCc1ccccc1. The Labute approximate surface area is 160 Å². The van der Waals surface area contributed by atoms with E-state index in [0.717, 1.165) is 5.56 Å². The van der Waals surface area contributed by atoms with Crippen molar-refractivity contribution in [2.45, 2.75) is 6.54 Å². The second-order valence-corrected chi connectivity index (χ2v) is 5.84. The van der Waals surface area contributed by atoms with Crippen molar-refractivity contribution >= 4 is 17.7 Å². The van der Waals surface area contributed by atoms with Gasteiger partial charge >= 0.3 is 0 Å². The van der Waals surface area contributed by atoms with Crippen molar-refractivity contribution in [2.24, 2.45) is 0 Å². The molecule has 7 heteroatoms. The highest BCUT2D eigenvalue weighted by molar-refractivity contribution is 6.01. The molecule has 0 aliphatic rings. The van der Waals surface area contributed by atoms with E-state index in [4.69, 9.17) is 4.42 Å². The van der Waals surface area contributed by atoms with Crippen LogP contribution in [0.3, 0.4) is 0 Å². The Hall–Kier alpha value is -4.18. The van der Waals surface area contributed by atoms with E-state index in [1.54, 1.807) is 24.3 Å². The number of nitro benzene ring substituents is 1. The van der Waals surface area contributed by atoms with Gasteiger partial charge in [0.25, 0.3) is 11.6 Å². The third kappa shape index (κ3) is 4.51. The molecule has 0 aliphatic carbocycles. The minimum absolute atomic E-state index is 0.0164. The summed E-state index contributed by atoms with van der Waals surface area (Å²) in [4.78, 5) is 22.5. The molecule has 1 aromatic heterocycles. The summed E-state index contributed by atoms with van der Waals surface area (Å²) in [5.41, 5.74) is 1.47. The molecule has 0 unspecified atom stereocenters. The number of carbonyl (C=O) groups excluding carboxylic acids is 1. The standard InChI is InChI=1S/C21H15N3O4/c22-13-17(21(25)23-14-15-4-2-1-3-5-15)12-19-10-11-20(28-19)16-6-8-18(9-7-16)24(26)27/h1-12H,14H2,(H,23,25)/b17-12+. The van der Waals surface area contributed by atoms with Gasteiger partial charge in [-0.2, -0.15) is 5.26 Å². The number of nitriles is 1. The molecule has 3 aromatic rings. The van der Waals surface area contributed by atoms with Gasteiger partial charge < -0.3 is 9.73 Å². The van der Waals surface area contributed by atoms with Crippen molar-refractivity contribution in [3.8, 4) is 17.4 Å². The Balaban J connectivity index is 1.72. The fourth-order valence-corrected chi connectivity index (χ4v) is 2.50. The molecule has 0 atom stereocenters. The van der Waals surface area contributed by atoms with Crippen LogP contribution >= 0.6 is 0 Å². The van der Waals surface area contributed by atoms with Crippen LogP contribution in [0.2, 0.25) is 0 Å². The summed E-state index contributed by atoms with van der Waals surface area (Å²) in [6.07, 6.45) is 1.36. The number of carbonyl (C=O) groups is 1. The van der Waals surface area contributed by atoms with Crippen LogP contribution < -0.4 is 5.32 Å². The van der Waals surface area contributed by atoms with Crippen molar-refractivity contribution in [1.29, 1.82) is 5.26 Å². The van der Waals surface area contributed by atoms with Crippen molar-refractivity contribution in [1.82, 2.24) is 5.32 Å². The maximum Gasteiger partial charge on any atom is 0.269 e. The minimum atomic E-state index is -0.500. The van der Waals surface area contributed by atoms with E-state index in [1.165, 1.54) is 18.2 Å². The van der Waals surface area contributed by atoms with E-state index in [9.17, 15) is 20.2 Å². The van der Waals surface area contributed by atoms with E-state index in [0.29, 0.717) is 23.6 Å². The fraction of sp³-hybridized carbons (Fsp3) is 0.0476. The molecule has 3 rings (SSSR count). The fourth-order valence-electron chi connectivity index (χ4n) is 2.50. The van der Waals surface area contributed by atoms with E-state index >= 15 is 0 Å². The highest BCUT2D eigenvalue weighted by Gasteiger charge is 2.12. The maximum absolute atomic E-state index is 12.2. The molecule has 28 heavy (non-hydrogen) atoms. The second kappa shape index (κ2) is 8.47. The Morgan fingerprint density at radius 2 is 1.82 bits per heavy atom. The first-order valence-corrected chi connectivity index (χ1v) is 8.35. The van der Waals surface area contributed by atoms with Gasteiger partial charge in [-0.15, -0.1) is 0 Å². The Morgan fingerprint density at radius 3 is 2.46 bits per heavy atom. The first kappa shape index (κ1) is 18.6. The molecule has 1 heterocycles. The van der Waals surface area contributed by atoms with E-state index in [1.807, 2.05) is 36.4 Å². The topological polar surface area (TPSA) is 109 Å². The molecule has 0 radical (unpaired) electrons. The van der Waals surface area contributed by atoms with E-state index < -0.39 is 10.8 Å². The number of nitro groups is 1. The molecule has 7 nitrogen and oxygen atoms in total. The monoisotopic (exact) mass is 373 g/mol. The quantitative estimate of drug-likeness (QED) is 0.303. The minimum Gasteiger partial charge on any atom is -0.457 e. The third-order valence-electron chi connectivity index (χ3n) is 3.94. The lowest BCUT2D eigenvalue weighted by Crippen LogP contribution is -2.23. The van der Waals surface area contributed by atoms with Crippen molar-refractivity contribution < 1.29 is 14.1 Å². The summed E-state index contributed by atoms with van der Waals surface area (Å²) in [7, 11) is 0. The molecule has 0 bridgehead atoms. The van der Waals surface area contributed by atoms with Crippen LogP contribution in [0.25, 0.3) is 17.4 Å². The largest absolute Gasteiger partial charge is 0.457 e. The highest BCUT2D eigenvalue weighted by Crippen LogP contribution is 2.25. The van der Waals surface area contributed by atoms with Crippen LogP contribution in [-0.4, -0.2) is 10.8 Å². The first-order valence-electron chi connectivity index (χ1n) is 8.35. The van der Waals surface area contributed by atoms with Gasteiger partial charge in [0.15, 0.2) is 0 Å². The smallest absolute Gasteiger partial charge is 0.269 e. The van der Waals surface area contributed by atoms with Gasteiger partial charge in [0.05, 0.1) is 4.92 Å². The van der Waals surface area contributed by atoms with Gasteiger partial charge in [-0.3, -0.25) is 14.9 Å². The lowest BCUT2D eigenvalue weighted by molar-refractivity contribution is -0.384. The Bertz CT molecular complexity index is 1060. The molecule has 1 amide bonds. The van der Waals surface area contributed by atoms with Crippen LogP contribution in [0.5, 0.6) is 0 Å². The first-order chi connectivity index (χ1) is 13.6. The van der Waals surface area contributed by atoms with Crippen LogP contribution in [-0.2, 0) is 11.3 Å². The summed E-state index contributed by atoms with van der Waals surface area (Å²) in [6, 6.07) is 20.4. The number of non-ortho nitro benzene ring substituents is 1. The van der Waals surface area contributed by atoms with Gasteiger partial charge in [-0.25, -0.2) is 0 Å². The molecule has 0 saturated carbocycles. The molecule has 138 valence electrons. The lowest BCUT2D eigenvalue weighted by atomic mass is 10.1. The normalized spacial score (nSPS) is 10.9. The van der Waals surface area contributed by atoms with Gasteiger partial charge in [0.2, 0.25) is 0 Å². The zero-order chi connectivity index (χ0) is 19.9. The number of nitrogens with zero attached hydrogens (tertiary/aromatic N) is 2. The summed E-state index contributed by atoms with van der Waals surface area (Å²) in [6.45, 7) is 0.310. The molecule has 1 N–H and O–H groups in total. The second-order valence-electron chi connectivity index (χ2n) is 5.84. The van der Waals surface area contributed by atoms with Gasteiger partial charge in [-0.05, 0) is 29.8 Å². The molecule has 2 aromatic carbocycles. The molecule has 0 spiro atoms. The summed E-state index contributed by atoms with van der Waals surface area (Å²) in [5.74, 6) is 0.308. The van der Waals surface area contributed by atoms with Crippen LogP contribution in [0.15, 0.2) is 76.7 Å². The van der Waals surface area contributed by atoms with E-state index in [-0.39, 0.29) is 11.3 Å². The average Bonchev–Trinajstić information content (AvgIpc) is 3.19. The number of rotatable bonds is 6. The van der Waals surface area contributed by atoms with Gasteiger partial charge in [-0.1, -0.05) is 30.3 Å². The van der Waals surface area contributed by atoms with Crippen LogP contribution in [0.4, 0.5) is 5.69 Å². The van der Waals surface area contributed by atoms with Gasteiger partial charge in [0, 0.05) is 30.3 Å². The third-order valence-corrected chi connectivity index (χ3v) is 3.94. The number of hydrogen-bond donors (Lipinski definition) is 1. The molecule has 0 saturated heterocycles. The van der Waals surface area contributed by atoms with Gasteiger partial charge in [0.1, 0.15) is 23.2 Å². The number of hydrogen-bond acceptors (Lipinski definition) is 5. The van der Waals surface area contributed by atoms with Crippen molar-refractivity contribution in [2.75, 3.05) is 0 Å². The number of benzene rings is 2. The molecular weight excluding hydrogens is 358 g/mol. The zero-order valence-electron chi connectivity index (χ0n) is 14.7. The maximum atomic E-state index is 12.2. The number of nitrogens with one attached hydrogen (secondary N) is 1. The molecule has 0 aliphatic heterocycles. The summed E-state index contributed by atoms with van der Waals surface area (Å²) < 4.78 is 5.64. The van der Waals surface area contributed by atoms with Crippen LogP contribution in [0.1, 0.15) is 11.3 Å².